The van der Waals surface area contributed by atoms with E-state index in [1.54, 1.807) is 37.4 Å². The summed E-state index contributed by atoms with van der Waals surface area (Å²) in [6.07, 6.45) is 1.08. The van der Waals surface area contributed by atoms with Crippen molar-refractivity contribution >= 4 is 34.1 Å². The fourth-order valence-electron chi connectivity index (χ4n) is 5.30. The Morgan fingerprint density at radius 1 is 1.05 bits per heavy atom. The summed E-state index contributed by atoms with van der Waals surface area (Å²) < 4.78 is 10.9. The minimum atomic E-state index is -0.721. The first-order chi connectivity index (χ1) is 19.7. The topological polar surface area (TPSA) is 113 Å². The van der Waals surface area contributed by atoms with Crippen LogP contribution in [0.1, 0.15) is 46.7 Å². The first-order valence-corrected chi connectivity index (χ1v) is 13.5. The Balaban J connectivity index is 1.58. The van der Waals surface area contributed by atoms with Crippen molar-refractivity contribution in [2.24, 2.45) is 0 Å². The molecule has 3 aromatic carbocycles. The van der Waals surface area contributed by atoms with Crippen molar-refractivity contribution in [3.63, 3.8) is 0 Å². The molecule has 2 aliphatic heterocycles. The van der Waals surface area contributed by atoms with Gasteiger partial charge in [0, 0.05) is 49.6 Å². The summed E-state index contributed by atoms with van der Waals surface area (Å²) in [5.74, 6) is -0.208. The number of methoxy groups -OCH3 is 1. The molecule has 0 aliphatic carbocycles. The third-order valence-electron chi connectivity index (χ3n) is 7.49. The number of nitrogens with zero attached hydrogens (tertiary/aromatic N) is 1. The highest BCUT2D eigenvalue weighted by Gasteiger charge is 2.26. The molecule has 0 radical (unpaired) electrons. The molecular formula is C32H34N4O5. The van der Waals surface area contributed by atoms with Gasteiger partial charge in [0.2, 0.25) is 5.91 Å². The van der Waals surface area contributed by atoms with Gasteiger partial charge in [0.15, 0.2) is 0 Å². The number of H-pyrrole nitrogens is 1. The van der Waals surface area contributed by atoms with Gasteiger partial charge < -0.3 is 24.7 Å². The number of likely N-dealkylation sites (N-methyl/N-ethyl adjacent to an activating group) is 1. The predicted molar refractivity (Wildman–Crippen MR) is 159 cm³/mol. The molecule has 3 N–H and O–H groups in total. The van der Waals surface area contributed by atoms with Crippen molar-refractivity contribution in [1.82, 2.24) is 9.88 Å². The first-order valence-electron chi connectivity index (χ1n) is 13.5. The number of aromatic nitrogens is 1. The van der Waals surface area contributed by atoms with E-state index in [0.29, 0.717) is 23.4 Å². The van der Waals surface area contributed by atoms with E-state index in [4.69, 9.17) is 9.47 Å². The normalized spacial score (nSPS) is 17.8. The smallest absolute Gasteiger partial charge is 0.411 e. The summed E-state index contributed by atoms with van der Waals surface area (Å²) in [4.78, 5) is 43.5. The molecule has 2 atom stereocenters. The number of pyridine rings is 1. The number of amides is 2. The van der Waals surface area contributed by atoms with Crippen LogP contribution < -0.4 is 16.2 Å². The Labute approximate surface area is 238 Å². The van der Waals surface area contributed by atoms with Gasteiger partial charge in [0.1, 0.15) is 6.04 Å². The third-order valence-corrected chi connectivity index (χ3v) is 7.49. The van der Waals surface area contributed by atoms with E-state index >= 15 is 0 Å². The molecule has 3 heterocycles. The van der Waals surface area contributed by atoms with Crippen LogP contribution in [0.4, 0.5) is 16.2 Å². The minimum Gasteiger partial charge on any atom is -0.449 e. The van der Waals surface area contributed by atoms with Crippen LogP contribution in [0.5, 0.6) is 0 Å². The number of ether oxygens (including phenoxy) is 2. The van der Waals surface area contributed by atoms with Crippen LogP contribution in [0.2, 0.25) is 0 Å². The molecular weight excluding hydrogens is 520 g/mol. The Morgan fingerprint density at radius 2 is 1.88 bits per heavy atom. The number of benzene rings is 3. The van der Waals surface area contributed by atoms with E-state index in [1.165, 1.54) is 0 Å². The molecule has 0 saturated heterocycles. The Kier molecular flexibility index (Phi) is 8.07. The maximum absolute atomic E-state index is 14.1. The molecule has 2 aliphatic rings. The Bertz CT molecular complexity index is 1660. The zero-order chi connectivity index (χ0) is 29.1. The van der Waals surface area contributed by atoms with Crippen LogP contribution in [-0.4, -0.2) is 42.6 Å². The van der Waals surface area contributed by atoms with Gasteiger partial charge in [-0.05, 0) is 70.5 Å². The molecule has 2 amide bonds. The van der Waals surface area contributed by atoms with E-state index < -0.39 is 12.1 Å². The van der Waals surface area contributed by atoms with Crippen LogP contribution in [0.3, 0.4) is 0 Å². The summed E-state index contributed by atoms with van der Waals surface area (Å²) >= 11 is 0. The maximum Gasteiger partial charge on any atom is 0.411 e. The molecule has 0 spiro atoms. The minimum absolute atomic E-state index is 0.0562. The van der Waals surface area contributed by atoms with Gasteiger partial charge in [-0.2, -0.15) is 0 Å². The van der Waals surface area contributed by atoms with Crippen molar-refractivity contribution in [3.05, 3.63) is 105 Å². The van der Waals surface area contributed by atoms with Crippen LogP contribution in [-0.2, 0) is 27.4 Å². The van der Waals surface area contributed by atoms with Gasteiger partial charge in [0.25, 0.3) is 5.56 Å². The standard InChI is InChI=1S/C32H34N4O5/c1-19-13-22-7-10-27(19)20(2)17-41-32(39)35-25-9-6-23(18-40-4)24(14-25)16-36(3)31(38)29(22)34-26-8-5-21-11-12-33-30(37)28(21)15-26/h5-15,20,29,34H,16-18H2,1-4H3,(H,33,37)(H,35,39)/t20-,29?/m0/s1. The van der Waals surface area contributed by atoms with Crippen molar-refractivity contribution in [3.8, 4) is 0 Å². The molecule has 1 aromatic heterocycles. The molecule has 6 rings (SSSR count). The van der Waals surface area contributed by atoms with Gasteiger partial charge in [-0.3, -0.25) is 14.9 Å². The number of hydrogen-bond donors (Lipinski definition) is 3. The van der Waals surface area contributed by atoms with Gasteiger partial charge in [-0.15, -0.1) is 0 Å². The van der Waals surface area contributed by atoms with Gasteiger partial charge >= 0.3 is 6.09 Å². The second-order valence-electron chi connectivity index (χ2n) is 10.5. The van der Waals surface area contributed by atoms with Gasteiger partial charge in [0.05, 0.1) is 13.2 Å². The summed E-state index contributed by atoms with van der Waals surface area (Å²) in [7, 11) is 3.36. The largest absolute Gasteiger partial charge is 0.449 e. The van der Waals surface area contributed by atoms with Crippen LogP contribution >= 0.6 is 0 Å². The lowest BCUT2D eigenvalue weighted by atomic mass is 9.93. The van der Waals surface area contributed by atoms with Crippen molar-refractivity contribution in [2.75, 3.05) is 31.4 Å². The fraction of sp³-hybridized carbons (Fsp3) is 0.281. The van der Waals surface area contributed by atoms with Crippen molar-refractivity contribution in [2.45, 2.75) is 39.0 Å². The monoisotopic (exact) mass is 554 g/mol. The second-order valence-corrected chi connectivity index (χ2v) is 10.5. The van der Waals surface area contributed by atoms with E-state index in [-0.39, 0.29) is 30.5 Å². The highest BCUT2D eigenvalue weighted by Crippen LogP contribution is 2.29. The fourth-order valence-corrected chi connectivity index (χ4v) is 5.30. The molecule has 9 heteroatoms. The lowest BCUT2D eigenvalue weighted by Gasteiger charge is -2.28. The van der Waals surface area contributed by atoms with E-state index in [9.17, 15) is 14.4 Å². The number of nitrogens with one attached hydrogen (secondary N) is 3. The lowest BCUT2D eigenvalue weighted by Crippen LogP contribution is -2.35. The molecule has 41 heavy (non-hydrogen) atoms. The average Bonchev–Trinajstić information content (AvgIpc) is 2.95. The van der Waals surface area contributed by atoms with Crippen LogP contribution in [0.15, 0.2) is 71.7 Å². The summed E-state index contributed by atoms with van der Waals surface area (Å²) in [5, 5.41) is 7.55. The van der Waals surface area contributed by atoms with E-state index in [1.807, 2.05) is 62.4 Å². The number of hydrogen-bond acceptors (Lipinski definition) is 6. The molecule has 1 unspecified atom stereocenters. The molecule has 4 bridgehead atoms. The molecule has 0 saturated carbocycles. The predicted octanol–water partition coefficient (Wildman–Crippen LogP) is 5.46. The summed E-state index contributed by atoms with van der Waals surface area (Å²) in [5.41, 5.74) is 5.57. The zero-order valence-corrected chi connectivity index (χ0v) is 23.6. The molecule has 0 fully saturated rings. The number of rotatable bonds is 4. The number of aromatic amines is 1. The highest BCUT2D eigenvalue weighted by molar-refractivity contribution is 5.89. The van der Waals surface area contributed by atoms with E-state index in [0.717, 1.165) is 33.2 Å². The Hall–Kier alpha value is -4.63. The number of carbonyl (C=O) groups is 2. The number of anilines is 2. The first kappa shape index (κ1) is 27.9. The summed E-state index contributed by atoms with van der Waals surface area (Å²) in [6, 6.07) is 18.0. The second kappa shape index (κ2) is 11.9. The van der Waals surface area contributed by atoms with E-state index in [2.05, 4.69) is 15.6 Å². The summed E-state index contributed by atoms with van der Waals surface area (Å²) in [6.45, 7) is 4.83. The SMILES string of the molecule is COCc1ccc2cc1CN(C)C(=O)C(Nc1ccc3cc[nH]c(=O)c3c1)c1ccc(c(C)c1)[C@@H](C)COC(=O)N2. The maximum atomic E-state index is 14.1. The Morgan fingerprint density at radius 3 is 2.66 bits per heavy atom. The molecule has 4 aromatic rings. The van der Waals surface area contributed by atoms with Crippen LogP contribution in [0.25, 0.3) is 10.8 Å². The zero-order valence-electron chi connectivity index (χ0n) is 23.6. The van der Waals surface area contributed by atoms with Crippen molar-refractivity contribution < 1.29 is 19.1 Å². The number of carbonyl (C=O) groups excluding carboxylic acids is 2. The van der Waals surface area contributed by atoms with Crippen molar-refractivity contribution in [1.29, 1.82) is 0 Å². The van der Waals surface area contributed by atoms with Crippen LogP contribution in [0, 0.1) is 6.92 Å². The third kappa shape index (κ3) is 6.10. The van der Waals surface area contributed by atoms with Gasteiger partial charge in [-0.1, -0.05) is 37.3 Å². The molecule has 9 nitrogen and oxygen atoms in total. The number of aryl methyl sites for hydroxylation is 1. The number of fused-ring (bicyclic) bond motifs is 10. The highest BCUT2D eigenvalue weighted by atomic mass is 16.5. The average molecular weight is 555 g/mol. The van der Waals surface area contributed by atoms with Gasteiger partial charge in [-0.25, -0.2) is 4.79 Å². The molecule has 212 valence electrons. The quantitative estimate of drug-likeness (QED) is 0.309. The lowest BCUT2D eigenvalue weighted by molar-refractivity contribution is -0.131.